The Bertz CT molecular complexity index is 1110. The van der Waals surface area contributed by atoms with Crippen molar-refractivity contribution < 1.29 is 22.8 Å². The predicted octanol–water partition coefficient (Wildman–Crippen LogP) is 4.20. The van der Waals surface area contributed by atoms with E-state index in [4.69, 9.17) is 17.3 Å². The molecule has 0 saturated heterocycles. The molecule has 0 spiro atoms. The van der Waals surface area contributed by atoms with Crippen molar-refractivity contribution in [2.75, 3.05) is 5.32 Å². The zero-order valence-electron chi connectivity index (χ0n) is 14.9. The Kier molecular flexibility index (Phi) is 5.34. The number of primary amides is 1. The van der Waals surface area contributed by atoms with Gasteiger partial charge in [-0.15, -0.1) is 0 Å². The third-order valence-electron chi connectivity index (χ3n) is 4.08. The smallest absolute Gasteiger partial charge is 0.366 e. The van der Waals surface area contributed by atoms with E-state index in [2.05, 4.69) is 10.4 Å². The summed E-state index contributed by atoms with van der Waals surface area (Å²) >= 11 is 5.85. The van der Waals surface area contributed by atoms with E-state index in [9.17, 15) is 22.8 Å². The molecule has 0 aliphatic rings. The summed E-state index contributed by atoms with van der Waals surface area (Å²) in [5.74, 6) is -1.65. The number of rotatable bonds is 4. The number of nitrogens with two attached hydrogens (primary N) is 1. The normalized spacial score (nSPS) is 11.3. The number of anilines is 1. The second-order valence-corrected chi connectivity index (χ2v) is 6.58. The van der Waals surface area contributed by atoms with Crippen LogP contribution >= 0.6 is 11.6 Å². The monoisotopic (exact) mass is 422 g/mol. The highest BCUT2D eigenvalue weighted by Gasteiger charge is 2.40. The van der Waals surface area contributed by atoms with Crippen molar-refractivity contribution in [1.82, 2.24) is 9.78 Å². The van der Waals surface area contributed by atoms with Gasteiger partial charge in [0.05, 0.1) is 17.4 Å². The van der Waals surface area contributed by atoms with E-state index in [0.29, 0.717) is 10.2 Å². The number of nitrogens with one attached hydrogen (secondary N) is 1. The third kappa shape index (κ3) is 4.24. The Labute approximate surface area is 168 Å². The molecule has 29 heavy (non-hydrogen) atoms. The van der Waals surface area contributed by atoms with Crippen LogP contribution in [0, 0.1) is 6.92 Å². The lowest BCUT2D eigenvalue weighted by atomic mass is 10.1. The van der Waals surface area contributed by atoms with Gasteiger partial charge < -0.3 is 11.1 Å². The van der Waals surface area contributed by atoms with Gasteiger partial charge in [0, 0.05) is 16.3 Å². The van der Waals surface area contributed by atoms with Gasteiger partial charge in [0.2, 0.25) is 5.91 Å². The number of carbonyl (C=O) groups is 2. The van der Waals surface area contributed by atoms with Crippen molar-refractivity contribution in [1.29, 1.82) is 0 Å². The Morgan fingerprint density at radius 1 is 1.14 bits per heavy atom. The highest BCUT2D eigenvalue weighted by Crippen LogP contribution is 2.34. The molecule has 0 unspecified atom stereocenters. The van der Waals surface area contributed by atoms with Crippen LogP contribution in [0.4, 0.5) is 18.9 Å². The van der Waals surface area contributed by atoms with Gasteiger partial charge in [-0.1, -0.05) is 17.7 Å². The number of amides is 2. The standard InChI is InChI=1S/C19H14ClF3N4O2/c1-10-7-12(5-6-14(10)17(24)28)26-18(29)15-9-25-27(16(15)19(21,22)23)13-4-2-3-11(20)8-13/h2-9H,1H3,(H2,24,28)(H,26,29). The van der Waals surface area contributed by atoms with Crippen LogP contribution in [-0.2, 0) is 6.18 Å². The average Bonchev–Trinajstić information content (AvgIpc) is 3.07. The summed E-state index contributed by atoms with van der Waals surface area (Å²) in [7, 11) is 0. The molecule has 1 heterocycles. The molecule has 3 N–H and O–H groups in total. The van der Waals surface area contributed by atoms with Crippen LogP contribution in [0.1, 0.15) is 32.0 Å². The number of benzene rings is 2. The quantitative estimate of drug-likeness (QED) is 0.660. The number of carbonyl (C=O) groups excluding carboxylic acids is 2. The van der Waals surface area contributed by atoms with Crippen LogP contribution in [0.5, 0.6) is 0 Å². The first-order valence-corrected chi connectivity index (χ1v) is 8.58. The molecule has 0 atom stereocenters. The fourth-order valence-corrected chi connectivity index (χ4v) is 2.99. The second kappa shape index (κ2) is 7.59. The minimum absolute atomic E-state index is 0.0607. The van der Waals surface area contributed by atoms with Crippen LogP contribution in [0.25, 0.3) is 5.69 Å². The van der Waals surface area contributed by atoms with Crippen LogP contribution < -0.4 is 11.1 Å². The SMILES string of the molecule is Cc1cc(NC(=O)c2cnn(-c3cccc(Cl)c3)c2C(F)(F)F)ccc1C(N)=O. The minimum Gasteiger partial charge on any atom is -0.366 e. The molecule has 6 nitrogen and oxygen atoms in total. The van der Waals surface area contributed by atoms with Gasteiger partial charge in [-0.05, 0) is 48.9 Å². The van der Waals surface area contributed by atoms with Crippen molar-refractivity contribution in [3.05, 3.63) is 76.1 Å². The summed E-state index contributed by atoms with van der Waals surface area (Å²) in [6.45, 7) is 1.59. The molecular weight excluding hydrogens is 409 g/mol. The molecule has 0 fully saturated rings. The Morgan fingerprint density at radius 2 is 1.86 bits per heavy atom. The summed E-state index contributed by atoms with van der Waals surface area (Å²) in [6, 6.07) is 9.87. The molecular formula is C19H14ClF3N4O2. The number of hydrogen-bond acceptors (Lipinski definition) is 3. The van der Waals surface area contributed by atoms with E-state index in [0.717, 1.165) is 6.20 Å². The van der Waals surface area contributed by atoms with Crippen molar-refractivity contribution in [2.24, 2.45) is 5.73 Å². The fraction of sp³-hybridized carbons (Fsp3) is 0.105. The lowest BCUT2D eigenvalue weighted by Crippen LogP contribution is -2.21. The molecule has 3 aromatic rings. The lowest BCUT2D eigenvalue weighted by molar-refractivity contribution is -0.143. The van der Waals surface area contributed by atoms with E-state index < -0.39 is 29.2 Å². The van der Waals surface area contributed by atoms with Gasteiger partial charge in [-0.25, -0.2) is 4.68 Å². The summed E-state index contributed by atoms with van der Waals surface area (Å²) in [4.78, 5) is 23.8. The number of aromatic nitrogens is 2. The molecule has 3 rings (SSSR count). The maximum atomic E-state index is 13.7. The Hall–Kier alpha value is -3.33. The van der Waals surface area contributed by atoms with E-state index in [1.807, 2.05) is 0 Å². The highest BCUT2D eigenvalue weighted by atomic mass is 35.5. The van der Waals surface area contributed by atoms with Crippen LogP contribution in [-0.4, -0.2) is 21.6 Å². The number of hydrogen-bond donors (Lipinski definition) is 2. The van der Waals surface area contributed by atoms with Crippen LogP contribution in [0.3, 0.4) is 0 Å². The van der Waals surface area contributed by atoms with Gasteiger partial charge in [-0.2, -0.15) is 18.3 Å². The Morgan fingerprint density at radius 3 is 2.45 bits per heavy atom. The molecule has 2 amide bonds. The van der Waals surface area contributed by atoms with Gasteiger partial charge in [0.25, 0.3) is 5.91 Å². The maximum absolute atomic E-state index is 13.7. The molecule has 0 aliphatic carbocycles. The second-order valence-electron chi connectivity index (χ2n) is 6.14. The van der Waals surface area contributed by atoms with Crippen LogP contribution in [0.15, 0.2) is 48.7 Å². The van der Waals surface area contributed by atoms with E-state index in [-0.39, 0.29) is 22.0 Å². The van der Waals surface area contributed by atoms with E-state index in [1.54, 1.807) is 6.92 Å². The number of halogens is 4. The zero-order chi connectivity index (χ0) is 21.3. The molecule has 0 saturated carbocycles. The largest absolute Gasteiger partial charge is 0.434 e. The minimum atomic E-state index is -4.85. The summed E-state index contributed by atoms with van der Waals surface area (Å²) in [5, 5.41) is 6.34. The molecule has 10 heteroatoms. The zero-order valence-corrected chi connectivity index (χ0v) is 15.7. The predicted molar refractivity (Wildman–Crippen MR) is 101 cm³/mol. The molecule has 1 aromatic heterocycles. The van der Waals surface area contributed by atoms with Gasteiger partial charge in [0.1, 0.15) is 0 Å². The van der Waals surface area contributed by atoms with Crippen molar-refractivity contribution in [2.45, 2.75) is 13.1 Å². The molecule has 2 aromatic carbocycles. The van der Waals surface area contributed by atoms with Crippen molar-refractivity contribution in [3.63, 3.8) is 0 Å². The van der Waals surface area contributed by atoms with E-state index in [1.165, 1.54) is 42.5 Å². The first-order chi connectivity index (χ1) is 13.6. The van der Waals surface area contributed by atoms with Gasteiger partial charge >= 0.3 is 6.18 Å². The topological polar surface area (TPSA) is 90.0 Å². The fourth-order valence-electron chi connectivity index (χ4n) is 2.81. The van der Waals surface area contributed by atoms with Crippen molar-refractivity contribution in [3.8, 4) is 5.69 Å². The highest BCUT2D eigenvalue weighted by molar-refractivity contribution is 6.30. The van der Waals surface area contributed by atoms with Crippen molar-refractivity contribution >= 4 is 29.1 Å². The summed E-state index contributed by atoms with van der Waals surface area (Å²) in [5.41, 5.74) is 4.32. The first kappa shape index (κ1) is 20.4. The summed E-state index contributed by atoms with van der Waals surface area (Å²) < 4.78 is 41.7. The number of alkyl halides is 3. The van der Waals surface area contributed by atoms with E-state index >= 15 is 0 Å². The molecule has 150 valence electrons. The lowest BCUT2D eigenvalue weighted by Gasteiger charge is -2.13. The molecule has 0 bridgehead atoms. The van der Waals surface area contributed by atoms with Crippen LogP contribution in [0.2, 0.25) is 5.02 Å². The number of aryl methyl sites for hydroxylation is 1. The van der Waals surface area contributed by atoms with Gasteiger partial charge in [0.15, 0.2) is 5.69 Å². The Balaban J connectivity index is 1.99. The van der Waals surface area contributed by atoms with Gasteiger partial charge in [-0.3, -0.25) is 9.59 Å². The molecule has 0 aliphatic heterocycles. The molecule has 0 radical (unpaired) electrons. The number of nitrogens with zero attached hydrogens (tertiary/aromatic N) is 2. The summed E-state index contributed by atoms with van der Waals surface area (Å²) in [6.07, 6.45) is -4.01. The third-order valence-corrected chi connectivity index (χ3v) is 4.32. The maximum Gasteiger partial charge on any atom is 0.434 e. The average molecular weight is 423 g/mol. The first-order valence-electron chi connectivity index (χ1n) is 8.21.